The molecule has 0 radical (unpaired) electrons. The van der Waals surface area contributed by atoms with E-state index in [2.05, 4.69) is 48.3 Å². The molecule has 0 bridgehead atoms. The van der Waals surface area contributed by atoms with Crippen LogP contribution in [0.3, 0.4) is 0 Å². The predicted molar refractivity (Wildman–Crippen MR) is 89.6 cm³/mol. The van der Waals surface area contributed by atoms with Crippen LogP contribution in [0, 0.1) is 0 Å². The van der Waals surface area contributed by atoms with E-state index in [-0.39, 0.29) is 0 Å². The molecule has 2 fully saturated rings. The summed E-state index contributed by atoms with van der Waals surface area (Å²) in [5, 5.41) is 3.83. The highest BCUT2D eigenvalue weighted by Gasteiger charge is 2.34. The molecule has 1 N–H and O–H groups in total. The Balaban J connectivity index is 1.49. The topological polar surface area (TPSA) is 15.3 Å². The third-order valence-corrected chi connectivity index (χ3v) is 5.07. The van der Waals surface area contributed by atoms with Crippen LogP contribution in [-0.2, 0) is 6.42 Å². The molecule has 1 saturated carbocycles. The molecule has 1 aliphatic carbocycles. The van der Waals surface area contributed by atoms with Crippen molar-refractivity contribution >= 4 is 0 Å². The Kier molecular flexibility index (Phi) is 4.97. The first-order valence-corrected chi connectivity index (χ1v) is 8.85. The van der Waals surface area contributed by atoms with Gasteiger partial charge >= 0.3 is 0 Å². The van der Waals surface area contributed by atoms with Gasteiger partial charge in [-0.2, -0.15) is 0 Å². The second-order valence-corrected chi connectivity index (χ2v) is 6.95. The summed E-state index contributed by atoms with van der Waals surface area (Å²) in [5.74, 6) is 0. The van der Waals surface area contributed by atoms with Crippen LogP contribution < -0.4 is 5.32 Å². The van der Waals surface area contributed by atoms with Crippen LogP contribution in [0.4, 0.5) is 0 Å². The molecule has 1 heterocycles. The Hall–Kier alpha value is -0.860. The lowest BCUT2D eigenvalue weighted by Crippen LogP contribution is -2.34. The maximum atomic E-state index is 3.83. The molecule has 2 unspecified atom stereocenters. The van der Waals surface area contributed by atoms with Gasteiger partial charge in [-0.1, -0.05) is 37.6 Å². The second kappa shape index (κ2) is 6.93. The number of hydrogen-bond acceptors (Lipinski definition) is 2. The Morgan fingerprint density at radius 1 is 1.19 bits per heavy atom. The number of aryl methyl sites for hydroxylation is 1. The van der Waals surface area contributed by atoms with Gasteiger partial charge in [-0.15, -0.1) is 0 Å². The van der Waals surface area contributed by atoms with Crippen molar-refractivity contribution in [1.82, 2.24) is 10.2 Å². The summed E-state index contributed by atoms with van der Waals surface area (Å²) in [5.41, 5.74) is 2.91. The molecular weight excluding hydrogens is 256 g/mol. The van der Waals surface area contributed by atoms with Crippen LogP contribution >= 0.6 is 0 Å². The summed E-state index contributed by atoms with van der Waals surface area (Å²) in [7, 11) is 0. The Morgan fingerprint density at radius 2 is 1.95 bits per heavy atom. The van der Waals surface area contributed by atoms with E-state index in [4.69, 9.17) is 0 Å². The fourth-order valence-electron chi connectivity index (χ4n) is 3.50. The van der Waals surface area contributed by atoms with E-state index in [1.165, 1.54) is 62.7 Å². The fraction of sp³-hybridized carbons (Fsp3) is 0.684. The minimum Gasteiger partial charge on any atom is -0.306 e. The number of nitrogens with one attached hydrogen (secondary N) is 1. The molecule has 1 saturated heterocycles. The molecule has 1 aliphatic heterocycles. The lowest BCUT2D eigenvalue weighted by molar-refractivity contribution is 0.313. The molecule has 0 aromatic heterocycles. The van der Waals surface area contributed by atoms with Gasteiger partial charge < -0.3 is 5.32 Å². The van der Waals surface area contributed by atoms with Gasteiger partial charge in [-0.3, -0.25) is 4.90 Å². The first-order chi connectivity index (χ1) is 10.3. The van der Waals surface area contributed by atoms with Crippen molar-refractivity contribution in [2.45, 2.75) is 70.5 Å². The SMILES string of the molecule is CCCCc1ccc(C(C)NC2CCN(C3CC3)C2)cc1. The molecule has 1 aromatic rings. The number of likely N-dealkylation sites (tertiary alicyclic amines) is 1. The molecule has 0 amide bonds. The number of nitrogens with zero attached hydrogens (tertiary/aromatic N) is 1. The van der Waals surface area contributed by atoms with E-state index in [1.54, 1.807) is 0 Å². The summed E-state index contributed by atoms with van der Waals surface area (Å²) < 4.78 is 0. The van der Waals surface area contributed by atoms with Gasteiger partial charge in [0, 0.05) is 31.2 Å². The first-order valence-electron chi connectivity index (χ1n) is 8.85. The quantitative estimate of drug-likeness (QED) is 0.817. The Bertz CT molecular complexity index is 435. The molecule has 2 heteroatoms. The number of hydrogen-bond donors (Lipinski definition) is 1. The zero-order chi connectivity index (χ0) is 14.7. The van der Waals surface area contributed by atoms with Crippen LogP contribution in [0.25, 0.3) is 0 Å². The molecule has 116 valence electrons. The minimum absolute atomic E-state index is 0.467. The van der Waals surface area contributed by atoms with Gasteiger partial charge in [0.05, 0.1) is 0 Å². The van der Waals surface area contributed by atoms with E-state index < -0.39 is 0 Å². The van der Waals surface area contributed by atoms with E-state index in [1.807, 2.05) is 0 Å². The van der Waals surface area contributed by atoms with Crippen molar-refractivity contribution in [1.29, 1.82) is 0 Å². The molecule has 3 rings (SSSR count). The normalized spacial score (nSPS) is 24.4. The predicted octanol–water partition coefficient (Wildman–Crippen LogP) is 3.92. The lowest BCUT2D eigenvalue weighted by Gasteiger charge is -2.21. The number of rotatable bonds is 7. The summed E-state index contributed by atoms with van der Waals surface area (Å²) >= 11 is 0. The maximum absolute atomic E-state index is 3.83. The highest BCUT2D eigenvalue weighted by molar-refractivity contribution is 5.25. The number of benzene rings is 1. The average molecular weight is 286 g/mol. The fourth-order valence-corrected chi connectivity index (χ4v) is 3.50. The van der Waals surface area contributed by atoms with Crippen LogP contribution in [0.15, 0.2) is 24.3 Å². The largest absolute Gasteiger partial charge is 0.306 e. The summed E-state index contributed by atoms with van der Waals surface area (Å²) in [6.07, 6.45) is 7.97. The van der Waals surface area contributed by atoms with Crippen molar-refractivity contribution in [2.75, 3.05) is 13.1 Å². The van der Waals surface area contributed by atoms with Crippen LogP contribution in [0.2, 0.25) is 0 Å². The second-order valence-electron chi connectivity index (χ2n) is 6.95. The maximum Gasteiger partial charge on any atom is 0.0294 e. The van der Waals surface area contributed by atoms with Gasteiger partial charge in [0.1, 0.15) is 0 Å². The molecule has 0 spiro atoms. The zero-order valence-corrected chi connectivity index (χ0v) is 13.6. The Morgan fingerprint density at radius 3 is 2.62 bits per heavy atom. The van der Waals surface area contributed by atoms with E-state index in [0.29, 0.717) is 12.1 Å². The van der Waals surface area contributed by atoms with Gasteiger partial charge in [-0.05, 0) is 50.2 Å². The number of unbranched alkanes of at least 4 members (excludes halogenated alkanes) is 1. The van der Waals surface area contributed by atoms with Gasteiger partial charge in [0.2, 0.25) is 0 Å². The van der Waals surface area contributed by atoms with Crippen molar-refractivity contribution in [2.24, 2.45) is 0 Å². The third kappa shape index (κ3) is 4.08. The molecule has 21 heavy (non-hydrogen) atoms. The molecular formula is C19H30N2. The third-order valence-electron chi connectivity index (χ3n) is 5.07. The van der Waals surface area contributed by atoms with Crippen molar-refractivity contribution < 1.29 is 0 Å². The summed E-state index contributed by atoms with van der Waals surface area (Å²) in [4.78, 5) is 2.68. The lowest BCUT2D eigenvalue weighted by atomic mass is 10.0. The van der Waals surface area contributed by atoms with E-state index in [0.717, 1.165) is 6.04 Å². The van der Waals surface area contributed by atoms with E-state index in [9.17, 15) is 0 Å². The van der Waals surface area contributed by atoms with Gasteiger partial charge in [-0.25, -0.2) is 0 Å². The first kappa shape index (κ1) is 15.1. The molecule has 2 atom stereocenters. The standard InChI is InChI=1S/C19H30N2/c1-3-4-5-16-6-8-17(9-7-16)15(2)20-18-12-13-21(14-18)19-10-11-19/h6-9,15,18-20H,3-5,10-14H2,1-2H3. The minimum atomic E-state index is 0.467. The molecule has 2 aliphatic rings. The van der Waals surface area contributed by atoms with Gasteiger partial charge in [0.15, 0.2) is 0 Å². The highest BCUT2D eigenvalue weighted by atomic mass is 15.2. The molecule has 1 aromatic carbocycles. The van der Waals surface area contributed by atoms with Crippen LogP contribution in [0.1, 0.15) is 63.1 Å². The van der Waals surface area contributed by atoms with Crippen molar-refractivity contribution in [3.8, 4) is 0 Å². The van der Waals surface area contributed by atoms with E-state index >= 15 is 0 Å². The summed E-state index contributed by atoms with van der Waals surface area (Å²) in [6.45, 7) is 7.11. The van der Waals surface area contributed by atoms with Gasteiger partial charge in [0.25, 0.3) is 0 Å². The van der Waals surface area contributed by atoms with Crippen molar-refractivity contribution in [3.05, 3.63) is 35.4 Å². The highest BCUT2D eigenvalue weighted by Crippen LogP contribution is 2.30. The monoisotopic (exact) mass is 286 g/mol. The van der Waals surface area contributed by atoms with Crippen LogP contribution in [-0.4, -0.2) is 30.1 Å². The molecule has 2 nitrogen and oxygen atoms in total. The smallest absolute Gasteiger partial charge is 0.0294 e. The van der Waals surface area contributed by atoms with Crippen molar-refractivity contribution in [3.63, 3.8) is 0 Å². The summed E-state index contributed by atoms with van der Waals surface area (Å²) in [6, 6.07) is 11.3. The van der Waals surface area contributed by atoms with Crippen LogP contribution in [0.5, 0.6) is 0 Å². The zero-order valence-electron chi connectivity index (χ0n) is 13.6. The average Bonchev–Trinajstić information content (AvgIpc) is 3.26. The Labute approximate surface area is 129 Å².